The third-order valence-electron chi connectivity index (χ3n) is 7.88. The molecule has 0 aromatic carbocycles. The molecule has 1 amide bonds. The molecule has 0 radical (unpaired) electrons. The molecule has 180 valence electrons. The number of allylic oxidation sites excluding steroid dienone is 1. The van der Waals surface area contributed by atoms with Crippen LogP contribution in [-0.2, 0) is 14.3 Å². The van der Waals surface area contributed by atoms with Crippen molar-refractivity contribution in [2.75, 3.05) is 6.61 Å². The van der Waals surface area contributed by atoms with Crippen molar-refractivity contribution >= 4 is 18.1 Å². The van der Waals surface area contributed by atoms with Crippen LogP contribution in [0.3, 0.4) is 0 Å². The van der Waals surface area contributed by atoms with Crippen molar-refractivity contribution in [2.24, 2.45) is 29.6 Å². The molecule has 1 N–H and O–H groups in total. The highest BCUT2D eigenvalue weighted by atomic mass is 16.6. The molecule has 1 saturated heterocycles. The van der Waals surface area contributed by atoms with Gasteiger partial charge in [0.1, 0.15) is 6.10 Å². The summed E-state index contributed by atoms with van der Waals surface area (Å²) >= 11 is 0. The average Bonchev–Trinajstić information content (AvgIpc) is 3.46. The van der Waals surface area contributed by atoms with E-state index < -0.39 is 0 Å². The lowest BCUT2D eigenvalue weighted by molar-refractivity contribution is -0.144. The fraction of sp³-hybridized carbons (Fsp3) is 0.519. The topological polar surface area (TPSA) is 90.7 Å². The highest BCUT2D eigenvalue weighted by Crippen LogP contribution is 2.53. The summed E-state index contributed by atoms with van der Waals surface area (Å²) < 4.78 is 15.9. The highest BCUT2D eigenvalue weighted by molar-refractivity contribution is 5.75. The standard InChI is InChI=1S/C27H32N2O5/c1-3-33-27(31)29-21-7-8-22-19(12-21)13-24-25(16(2)34-26(24)30)23(22)9-6-20-5-4-17(14-28-20)18-10-11-32-15-18/h4-6,9-11,14-16,19,21-25H,3,7-8,12-13H2,1-2H3,(H,29,31)/b9-6+/t16-,19+,21-,22-,23+,24-,25+/m1/s1. The number of rotatable bonds is 5. The van der Waals surface area contributed by atoms with Crippen molar-refractivity contribution in [2.45, 2.75) is 51.7 Å². The van der Waals surface area contributed by atoms with E-state index in [1.54, 1.807) is 19.5 Å². The van der Waals surface area contributed by atoms with Gasteiger partial charge in [0.15, 0.2) is 0 Å². The van der Waals surface area contributed by atoms with Gasteiger partial charge in [-0.05, 0) is 75.5 Å². The Morgan fingerprint density at radius 2 is 2.12 bits per heavy atom. The summed E-state index contributed by atoms with van der Waals surface area (Å²) in [5, 5.41) is 3.01. The van der Waals surface area contributed by atoms with Crippen LogP contribution in [0, 0.1) is 29.6 Å². The van der Waals surface area contributed by atoms with E-state index in [4.69, 9.17) is 13.9 Å². The molecule has 3 heterocycles. The van der Waals surface area contributed by atoms with Crippen LogP contribution in [0.2, 0.25) is 0 Å². The largest absolute Gasteiger partial charge is 0.472 e. The summed E-state index contributed by atoms with van der Waals surface area (Å²) in [5.41, 5.74) is 2.91. The third kappa shape index (κ3) is 4.48. The van der Waals surface area contributed by atoms with Gasteiger partial charge in [-0.25, -0.2) is 4.79 Å². The first kappa shape index (κ1) is 22.7. The number of alkyl carbamates (subject to hydrolysis) is 1. The van der Waals surface area contributed by atoms with Crippen LogP contribution >= 0.6 is 0 Å². The number of amides is 1. The molecular weight excluding hydrogens is 432 g/mol. The lowest BCUT2D eigenvalue weighted by atomic mass is 9.57. The lowest BCUT2D eigenvalue weighted by Crippen LogP contribution is -2.48. The number of carbonyl (C=O) groups excluding carboxylic acids is 2. The first-order chi connectivity index (χ1) is 16.5. The van der Waals surface area contributed by atoms with Crippen LogP contribution in [0.1, 0.15) is 45.2 Å². The van der Waals surface area contributed by atoms with Crippen LogP contribution in [0.15, 0.2) is 47.4 Å². The minimum Gasteiger partial charge on any atom is -0.472 e. The maximum atomic E-state index is 12.7. The van der Waals surface area contributed by atoms with E-state index in [2.05, 4.69) is 22.5 Å². The van der Waals surface area contributed by atoms with E-state index in [1.807, 2.05) is 31.3 Å². The number of nitrogens with zero attached hydrogens (tertiary/aromatic N) is 1. The molecule has 3 fully saturated rings. The smallest absolute Gasteiger partial charge is 0.407 e. The molecule has 2 aliphatic carbocycles. The number of furan rings is 1. The van der Waals surface area contributed by atoms with Gasteiger partial charge >= 0.3 is 12.1 Å². The molecule has 1 aliphatic heterocycles. The molecule has 3 aliphatic rings. The molecular formula is C27H32N2O5. The number of nitrogens with one attached hydrogen (secondary N) is 1. The predicted octanol–water partition coefficient (Wildman–Crippen LogP) is 5.08. The molecule has 7 nitrogen and oxygen atoms in total. The van der Waals surface area contributed by atoms with E-state index in [-0.39, 0.29) is 42.0 Å². The van der Waals surface area contributed by atoms with Crippen molar-refractivity contribution in [3.05, 3.63) is 48.7 Å². The minimum atomic E-state index is -0.352. The second-order valence-electron chi connectivity index (χ2n) is 9.78. The van der Waals surface area contributed by atoms with Gasteiger partial charge in [-0.1, -0.05) is 12.1 Å². The van der Waals surface area contributed by atoms with E-state index in [0.717, 1.165) is 42.5 Å². The van der Waals surface area contributed by atoms with Gasteiger partial charge in [0.25, 0.3) is 0 Å². The number of aromatic nitrogens is 1. The van der Waals surface area contributed by atoms with Crippen molar-refractivity contribution in [1.29, 1.82) is 0 Å². The van der Waals surface area contributed by atoms with Gasteiger partial charge in [0.2, 0.25) is 0 Å². The number of esters is 1. The Balaban J connectivity index is 1.34. The maximum absolute atomic E-state index is 12.7. The summed E-state index contributed by atoms with van der Waals surface area (Å²) in [4.78, 5) is 29.2. The van der Waals surface area contributed by atoms with Crippen LogP contribution in [0.5, 0.6) is 0 Å². The Morgan fingerprint density at radius 1 is 1.24 bits per heavy atom. The Hall–Kier alpha value is -3.09. The second-order valence-corrected chi connectivity index (χ2v) is 9.78. The number of cyclic esters (lactones) is 1. The second kappa shape index (κ2) is 9.65. The number of pyridine rings is 1. The maximum Gasteiger partial charge on any atom is 0.407 e. The molecule has 0 unspecified atom stereocenters. The number of fused-ring (bicyclic) bond motifs is 2. The van der Waals surface area contributed by atoms with Crippen LogP contribution < -0.4 is 5.32 Å². The summed E-state index contributed by atoms with van der Waals surface area (Å²) in [6, 6.07) is 6.06. The summed E-state index contributed by atoms with van der Waals surface area (Å²) in [6.07, 6.45) is 12.8. The molecule has 2 aromatic heterocycles. The molecule has 0 bridgehead atoms. The SMILES string of the molecule is CCOC(=O)N[C@@H]1CC[C@@H]2[C@@H](C1)C[C@H]1C(=O)O[C@H](C)[C@H]1[C@H]2/C=C/c1ccc(-c2ccoc2)cn1. The summed E-state index contributed by atoms with van der Waals surface area (Å²) in [6.45, 7) is 4.19. The monoisotopic (exact) mass is 464 g/mol. The fourth-order valence-electron chi connectivity index (χ4n) is 6.40. The van der Waals surface area contributed by atoms with Gasteiger partial charge in [-0.3, -0.25) is 9.78 Å². The third-order valence-corrected chi connectivity index (χ3v) is 7.88. The molecule has 7 heteroatoms. The number of hydrogen-bond donors (Lipinski definition) is 1. The predicted molar refractivity (Wildman–Crippen MR) is 126 cm³/mol. The van der Waals surface area contributed by atoms with E-state index in [1.165, 1.54) is 0 Å². The van der Waals surface area contributed by atoms with E-state index in [0.29, 0.717) is 18.4 Å². The van der Waals surface area contributed by atoms with Crippen molar-refractivity contribution in [1.82, 2.24) is 10.3 Å². The Kier molecular flexibility index (Phi) is 6.44. The summed E-state index contributed by atoms with van der Waals surface area (Å²) in [7, 11) is 0. The minimum absolute atomic E-state index is 0.0718. The van der Waals surface area contributed by atoms with Gasteiger partial charge in [0.05, 0.1) is 30.7 Å². The number of carbonyl (C=O) groups is 2. The van der Waals surface area contributed by atoms with Gasteiger partial charge in [-0.2, -0.15) is 0 Å². The van der Waals surface area contributed by atoms with E-state index >= 15 is 0 Å². The Bertz CT molecular complexity index is 1030. The normalized spacial score (nSPS) is 32.6. The Morgan fingerprint density at radius 3 is 2.85 bits per heavy atom. The van der Waals surface area contributed by atoms with Crippen molar-refractivity contribution in [3.8, 4) is 11.1 Å². The first-order valence-corrected chi connectivity index (χ1v) is 12.3. The molecule has 2 saturated carbocycles. The van der Waals surface area contributed by atoms with Gasteiger partial charge in [-0.15, -0.1) is 0 Å². The van der Waals surface area contributed by atoms with Crippen LogP contribution in [0.25, 0.3) is 17.2 Å². The number of ether oxygens (including phenoxy) is 2. The summed E-state index contributed by atoms with van der Waals surface area (Å²) in [5.74, 6) is 1.10. The van der Waals surface area contributed by atoms with Crippen molar-refractivity contribution < 1.29 is 23.5 Å². The average molecular weight is 465 g/mol. The molecule has 34 heavy (non-hydrogen) atoms. The number of hydrogen-bond acceptors (Lipinski definition) is 6. The zero-order valence-electron chi connectivity index (χ0n) is 19.7. The zero-order valence-corrected chi connectivity index (χ0v) is 19.7. The lowest BCUT2D eigenvalue weighted by Gasteiger charge is -2.47. The Labute approximate surface area is 199 Å². The van der Waals surface area contributed by atoms with Gasteiger partial charge < -0.3 is 19.2 Å². The quantitative estimate of drug-likeness (QED) is 0.621. The first-order valence-electron chi connectivity index (χ1n) is 12.3. The molecule has 5 rings (SSSR count). The van der Waals surface area contributed by atoms with Gasteiger partial charge in [0, 0.05) is 29.3 Å². The molecule has 0 spiro atoms. The molecule has 7 atom stereocenters. The fourth-order valence-corrected chi connectivity index (χ4v) is 6.40. The molecule has 2 aromatic rings. The van der Waals surface area contributed by atoms with Crippen molar-refractivity contribution in [3.63, 3.8) is 0 Å². The van der Waals surface area contributed by atoms with E-state index in [9.17, 15) is 9.59 Å². The van der Waals surface area contributed by atoms with Crippen LogP contribution in [-0.4, -0.2) is 35.8 Å². The highest BCUT2D eigenvalue weighted by Gasteiger charge is 2.54. The van der Waals surface area contributed by atoms with Crippen LogP contribution in [0.4, 0.5) is 4.79 Å². The zero-order chi connectivity index (χ0) is 23.7.